The summed E-state index contributed by atoms with van der Waals surface area (Å²) in [5.41, 5.74) is 12.3. The molecule has 0 atom stereocenters. The number of hydrogen-bond donors (Lipinski definition) is 3. The average molecular weight is 140 g/mol. The van der Waals surface area contributed by atoms with Gasteiger partial charge in [0, 0.05) is 26.0 Å². The second-order valence-electron chi connectivity index (χ2n) is 1.96. The van der Waals surface area contributed by atoms with Crippen LogP contribution in [0.4, 0.5) is 0 Å². The lowest BCUT2D eigenvalue weighted by Gasteiger charge is -2.21. The van der Waals surface area contributed by atoms with Gasteiger partial charge in [0.15, 0.2) is 0 Å². The standard InChI is InChI=1S/C6H12N4/c1-8-10-3-2-6(4-7)5-9-10/h2-3,5,8-9H,4,7H2,1H3. The van der Waals surface area contributed by atoms with Gasteiger partial charge < -0.3 is 5.73 Å². The molecule has 1 rings (SSSR count). The molecule has 0 saturated carbocycles. The molecule has 4 nitrogen and oxygen atoms in total. The van der Waals surface area contributed by atoms with E-state index in [9.17, 15) is 0 Å². The minimum Gasteiger partial charge on any atom is -0.326 e. The zero-order valence-corrected chi connectivity index (χ0v) is 5.96. The molecule has 0 radical (unpaired) electrons. The number of nitrogens with zero attached hydrogens (tertiary/aromatic N) is 1. The van der Waals surface area contributed by atoms with Gasteiger partial charge in [0.1, 0.15) is 0 Å². The Morgan fingerprint density at radius 3 is 3.00 bits per heavy atom. The molecule has 0 unspecified atom stereocenters. The van der Waals surface area contributed by atoms with Crippen molar-refractivity contribution < 1.29 is 0 Å². The topological polar surface area (TPSA) is 53.3 Å². The van der Waals surface area contributed by atoms with Crippen LogP contribution >= 0.6 is 0 Å². The fourth-order valence-electron chi connectivity index (χ4n) is 0.680. The number of hydrogen-bond acceptors (Lipinski definition) is 4. The summed E-state index contributed by atoms with van der Waals surface area (Å²) in [6.07, 6.45) is 5.69. The van der Waals surface area contributed by atoms with Gasteiger partial charge in [-0.25, -0.2) is 10.5 Å². The Kier molecular flexibility index (Phi) is 2.30. The Labute approximate surface area is 60.3 Å². The van der Waals surface area contributed by atoms with Crippen molar-refractivity contribution in [2.75, 3.05) is 13.6 Å². The molecule has 0 aliphatic carbocycles. The molecule has 0 spiro atoms. The van der Waals surface area contributed by atoms with E-state index in [4.69, 9.17) is 5.73 Å². The first-order valence-corrected chi connectivity index (χ1v) is 3.17. The molecule has 4 heteroatoms. The lowest BCUT2D eigenvalue weighted by molar-refractivity contribution is 0.238. The van der Waals surface area contributed by atoms with Gasteiger partial charge in [0.05, 0.1) is 0 Å². The van der Waals surface area contributed by atoms with Crippen LogP contribution in [0.2, 0.25) is 0 Å². The van der Waals surface area contributed by atoms with Gasteiger partial charge in [0.25, 0.3) is 0 Å². The van der Waals surface area contributed by atoms with Gasteiger partial charge in [-0.15, -0.1) is 0 Å². The van der Waals surface area contributed by atoms with E-state index in [1.54, 1.807) is 5.12 Å². The van der Waals surface area contributed by atoms with Crippen molar-refractivity contribution in [2.24, 2.45) is 5.73 Å². The van der Waals surface area contributed by atoms with Crippen molar-refractivity contribution in [3.63, 3.8) is 0 Å². The SMILES string of the molecule is CNN1C=CC(CN)=CN1. The quantitative estimate of drug-likeness (QED) is 0.474. The highest BCUT2D eigenvalue weighted by Gasteiger charge is 1.97. The van der Waals surface area contributed by atoms with Gasteiger partial charge in [-0.2, -0.15) is 0 Å². The Hall–Kier alpha value is -1.00. The molecule has 1 aliphatic heterocycles. The maximum Gasteiger partial charge on any atom is 0.0398 e. The third-order valence-electron chi connectivity index (χ3n) is 1.30. The molecule has 0 aromatic heterocycles. The summed E-state index contributed by atoms with van der Waals surface area (Å²) in [5, 5.41) is 1.74. The Morgan fingerprint density at radius 2 is 2.60 bits per heavy atom. The molecule has 1 heterocycles. The van der Waals surface area contributed by atoms with Crippen LogP contribution in [0.1, 0.15) is 0 Å². The summed E-state index contributed by atoms with van der Waals surface area (Å²) < 4.78 is 0. The molecular weight excluding hydrogens is 128 g/mol. The van der Waals surface area contributed by atoms with Crippen LogP contribution in [-0.4, -0.2) is 18.7 Å². The summed E-state index contributed by atoms with van der Waals surface area (Å²) in [6, 6.07) is 0. The van der Waals surface area contributed by atoms with Gasteiger partial charge in [-0.05, 0) is 11.6 Å². The monoisotopic (exact) mass is 140 g/mol. The van der Waals surface area contributed by atoms with Gasteiger partial charge in [0.2, 0.25) is 0 Å². The zero-order valence-electron chi connectivity index (χ0n) is 5.96. The van der Waals surface area contributed by atoms with Crippen LogP contribution in [-0.2, 0) is 0 Å². The third kappa shape index (κ3) is 1.49. The number of rotatable bonds is 2. The number of nitrogens with two attached hydrogens (primary N) is 1. The van der Waals surface area contributed by atoms with E-state index in [2.05, 4.69) is 10.9 Å². The summed E-state index contributed by atoms with van der Waals surface area (Å²) in [4.78, 5) is 0. The van der Waals surface area contributed by atoms with Crippen molar-refractivity contribution in [2.45, 2.75) is 0 Å². The first-order valence-electron chi connectivity index (χ1n) is 3.17. The number of hydrazine groups is 2. The van der Waals surface area contributed by atoms with E-state index in [0.717, 1.165) is 5.57 Å². The summed E-state index contributed by atoms with van der Waals surface area (Å²) in [7, 11) is 1.83. The first-order chi connectivity index (χ1) is 4.86. The van der Waals surface area contributed by atoms with Crippen LogP contribution in [0, 0.1) is 0 Å². The molecule has 0 aromatic rings. The number of nitrogens with one attached hydrogen (secondary N) is 2. The fraction of sp³-hybridized carbons (Fsp3) is 0.333. The van der Waals surface area contributed by atoms with E-state index < -0.39 is 0 Å². The van der Waals surface area contributed by atoms with Crippen molar-refractivity contribution in [1.82, 2.24) is 16.0 Å². The molecule has 0 fully saturated rings. The van der Waals surface area contributed by atoms with Crippen molar-refractivity contribution in [3.05, 3.63) is 24.0 Å². The molecule has 4 N–H and O–H groups in total. The Morgan fingerprint density at radius 1 is 1.80 bits per heavy atom. The maximum absolute atomic E-state index is 5.39. The first kappa shape index (κ1) is 7.11. The smallest absolute Gasteiger partial charge is 0.0398 e. The van der Waals surface area contributed by atoms with Crippen molar-refractivity contribution in [3.8, 4) is 0 Å². The van der Waals surface area contributed by atoms with Gasteiger partial charge in [-0.3, -0.25) is 5.43 Å². The molecule has 56 valence electrons. The Bertz CT molecular complexity index is 161. The predicted octanol–water partition coefficient (Wildman–Crippen LogP) is -0.703. The van der Waals surface area contributed by atoms with Crippen LogP contribution in [0.3, 0.4) is 0 Å². The zero-order chi connectivity index (χ0) is 7.40. The normalized spacial score (nSPS) is 16.6. The molecule has 0 bridgehead atoms. The minimum absolute atomic E-state index is 0.570. The summed E-state index contributed by atoms with van der Waals surface area (Å²) in [6.45, 7) is 0.570. The highest BCUT2D eigenvalue weighted by Crippen LogP contribution is 1.97. The van der Waals surface area contributed by atoms with Crippen LogP contribution in [0.5, 0.6) is 0 Å². The lowest BCUT2D eigenvalue weighted by Crippen LogP contribution is -2.40. The van der Waals surface area contributed by atoms with E-state index in [1.165, 1.54) is 0 Å². The van der Waals surface area contributed by atoms with Crippen molar-refractivity contribution >= 4 is 0 Å². The van der Waals surface area contributed by atoms with E-state index in [0.29, 0.717) is 6.54 Å². The highest BCUT2D eigenvalue weighted by atomic mass is 15.7. The second-order valence-corrected chi connectivity index (χ2v) is 1.96. The predicted molar refractivity (Wildman–Crippen MR) is 40.3 cm³/mol. The average Bonchev–Trinajstić information content (AvgIpc) is 2.05. The summed E-state index contributed by atoms with van der Waals surface area (Å²) >= 11 is 0. The maximum atomic E-state index is 5.39. The fourth-order valence-corrected chi connectivity index (χ4v) is 0.680. The summed E-state index contributed by atoms with van der Waals surface area (Å²) in [5.74, 6) is 0. The van der Waals surface area contributed by atoms with Gasteiger partial charge >= 0.3 is 0 Å². The molecule has 10 heavy (non-hydrogen) atoms. The second kappa shape index (κ2) is 3.24. The van der Waals surface area contributed by atoms with Crippen LogP contribution in [0.15, 0.2) is 24.0 Å². The van der Waals surface area contributed by atoms with E-state index in [1.807, 2.05) is 25.5 Å². The van der Waals surface area contributed by atoms with Crippen LogP contribution in [0.25, 0.3) is 0 Å². The van der Waals surface area contributed by atoms with E-state index >= 15 is 0 Å². The molecule has 0 amide bonds. The van der Waals surface area contributed by atoms with E-state index in [-0.39, 0.29) is 0 Å². The molecule has 0 saturated heterocycles. The lowest BCUT2D eigenvalue weighted by atomic mass is 10.3. The minimum atomic E-state index is 0.570. The Balaban J connectivity index is 2.46. The molecular formula is C6H12N4. The van der Waals surface area contributed by atoms with Gasteiger partial charge in [-0.1, -0.05) is 0 Å². The largest absolute Gasteiger partial charge is 0.326 e. The van der Waals surface area contributed by atoms with Crippen molar-refractivity contribution in [1.29, 1.82) is 0 Å². The third-order valence-corrected chi connectivity index (χ3v) is 1.30. The molecule has 1 aliphatic rings. The molecule has 0 aromatic carbocycles. The van der Waals surface area contributed by atoms with Crippen LogP contribution < -0.4 is 16.6 Å². The highest BCUT2D eigenvalue weighted by molar-refractivity contribution is 5.20.